The molecule has 1 aromatic carbocycles. The summed E-state index contributed by atoms with van der Waals surface area (Å²) < 4.78 is 19.8. The lowest BCUT2D eigenvalue weighted by molar-refractivity contribution is -0.0844. The van der Waals surface area contributed by atoms with Crippen LogP contribution in [-0.4, -0.2) is 72.3 Å². The first kappa shape index (κ1) is 19.4. The Kier molecular flexibility index (Phi) is 5.52. The van der Waals surface area contributed by atoms with E-state index in [-0.39, 0.29) is 6.10 Å². The molecule has 3 aliphatic heterocycles. The van der Waals surface area contributed by atoms with E-state index in [1.54, 1.807) is 0 Å². The molecule has 0 bridgehead atoms. The first-order valence-corrected chi connectivity index (χ1v) is 11.1. The standard InChI is InChI=1S/C23H32N2O4/c26-23(8-14-27-15-9-23)17-24-10-4-19(5-11-24)29-22-3-1-2-21-20(22)6-12-25(21)18-7-13-28-16-18/h1-3,6,12,18-19,26H,4-5,7-11,13-17H2. The van der Waals surface area contributed by atoms with E-state index in [2.05, 4.69) is 39.9 Å². The molecule has 3 aliphatic rings. The van der Waals surface area contributed by atoms with E-state index in [1.807, 2.05) is 0 Å². The number of ether oxygens (including phenoxy) is 3. The fourth-order valence-electron chi connectivity index (χ4n) is 5.01. The van der Waals surface area contributed by atoms with Crippen molar-refractivity contribution in [1.82, 2.24) is 9.47 Å². The molecule has 1 unspecified atom stereocenters. The molecule has 2 aromatic rings. The third-order valence-electron chi connectivity index (χ3n) is 6.79. The highest BCUT2D eigenvalue weighted by Crippen LogP contribution is 2.33. The molecule has 0 saturated carbocycles. The second-order valence-corrected chi connectivity index (χ2v) is 8.86. The minimum atomic E-state index is -0.579. The summed E-state index contributed by atoms with van der Waals surface area (Å²) >= 11 is 0. The average Bonchev–Trinajstić information content (AvgIpc) is 3.40. The van der Waals surface area contributed by atoms with E-state index >= 15 is 0 Å². The molecule has 0 amide bonds. The molecule has 1 aromatic heterocycles. The Morgan fingerprint density at radius 2 is 1.86 bits per heavy atom. The summed E-state index contributed by atoms with van der Waals surface area (Å²) in [5.74, 6) is 0.988. The van der Waals surface area contributed by atoms with Crippen LogP contribution in [-0.2, 0) is 9.47 Å². The van der Waals surface area contributed by atoms with Gasteiger partial charge in [-0.1, -0.05) is 6.07 Å². The van der Waals surface area contributed by atoms with Crippen LogP contribution in [0.5, 0.6) is 5.75 Å². The number of benzene rings is 1. The Balaban J connectivity index is 1.21. The van der Waals surface area contributed by atoms with Crippen molar-refractivity contribution in [1.29, 1.82) is 0 Å². The van der Waals surface area contributed by atoms with Gasteiger partial charge in [-0.25, -0.2) is 0 Å². The highest BCUT2D eigenvalue weighted by Gasteiger charge is 2.33. The molecule has 0 aliphatic carbocycles. The van der Waals surface area contributed by atoms with E-state index in [4.69, 9.17) is 14.2 Å². The molecule has 6 nitrogen and oxygen atoms in total. The van der Waals surface area contributed by atoms with Crippen molar-refractivity contribution in [2.75, 3.05) is 46.1 Å². The lowest BCUT2D eigenvalue weighted by Gasteiger charge is -2.39. The fraction of sp³-hybridized carbons (Fsp3) is 0.652. The molecule has 0 spiro atoms. The number of rotatable bonds is 5. The van der Waals surface area contributed by atoms with Crippen LogP contribution in [0.4, 0.5) is 0 Å². The van der Waals surface area contributed by atoms with Gasteiger partial charge in [0, 0.05) is 63.9 Å². The summed E-state index contributed by atoms with van der Waals surface area (Å²) in [6.45, 7) is 5.70. The molecular weight excluding hydrogens is 368 g/mol. The number of aliphatic hydroxyl groups is 1. The van der Waals surface area contributed by atoms with Crippen LogP contribution in [0.25, 0.3) is 10.9 Å². The van der Waals surface area contributed by atoms with Crippen LogP contribution < -0.4 is 4.74 Å². The van der Waals surface area contributed by atoms with Crippen LogP contribution >= 0.6 is 0 Å². The molecule has 6 heteroatoms. The van der Waals surface area contributed by atoms with Gasteiger partial charge in [-0.05, 0) is 37.5 Å². The number of aromatic nitrogens is 1. The van der Waals surface area contributed by atoms with Crippen LogP contribution in [0, 0.1) is 0 Å². The highest BCUT2D eigenvalue weighted by atomic mass is 16.5. The van der Waals surface area contributed by atoms with Gasteiger partial charge in [-0.15, -0.1) is 0 Å². The maximum atomic E-state index is 10.8. The topological polar surface area (TPSA) is 56.1 Å². The van der Waals surface area contributed by atoms with Crippen LogP contribution in [0.1, 0.15) is 38.1 Å². The number of piperidine rings is 1. The van der Waals surface area contributed by atoms with Crippen molar-refractivity contribution in [2.45, 2.75) is 49.9 Å². The van der Waals surface area contributed by atoms with Gasteiger partial charge in [0.1, 0.15) is 11.9 Å². The van der Waals surface area contributed by atoms with E-state index in [0.29, 0.717) is 19.3 Å². The van der Waals surface area contributed by atoms with Gasteiger partial charge in [-0.3, -0.25) is 0 Å². The predicted octanol–water partition coefficient (Wildman–Crippen LogP) is 2.99. The zero-order valence-electron chi connectivity index (χ0n) is 17.1. The fourth-order valence-corrected chi connectivity index (χ4v) is 5.01. The van der Waals surface area contributed by atoms with Gasteiger partial charge in [0.25, 0.3) is 0 Å². The molecule has 5 rings (SSSR count). The molecule has 3 fully saturated rings. The van der Waals surface area contributed by atoms with E-state index in [1.165, 1.54) is 10.9 Å². The quantitative estimate of drug-likeness (QED) is 0.836. The van der Waals surface area contributed by atoms with Gasteiger partial charge >= 0.3 is 0 Å². The van der Waals surface area contributed by atoms with Gasteiger partial charge in [0.15, 0.2) is 0 Å². The number of β-amino-alcohol motifs (C(OH)–C–C–N with tert-alkyl or cyclic N) is 1. The van der Waals surface area contributed by atoms with Crippen molar-refractivity contribution < 1.29 is 19.3 Å². The second kappa shape index (κ2) is 8.26. The first-order chi connectivity index (χ1) is 14.2. The maximum Gasteiger partial charge on any atom is 0.129 e. The van der Waals surface area contributed by atoms with Crippen molar-refractivity contribution in [3.05, 3.63) is 30.5 Å². The van der Waals surface area contributed by atoms with Crippen LogP contribution in [0.2, 0.25) is 0 Å². The van der Waals surface area contributed by atoms with Gasteiger partial charge in [0.2, 0.25) is 0 Å². The number of hydrogen-bond acceptors (Lipinski definition) is 5. The molecule has 3 saturated heterocycles. The molecule has 1 atom stereocenters. The van der Waals surface area contributed by atoms with Gasteiger partial charge in [-0.2, -0.15) is 0 Å². The van der Waals surface area contributed by atoms with E-state index in [9.17, 15) is 5.11 Å². The number of fused-ring (bicyclic) bond motifs is 1. The normalized spacial score (nSPS) is 26.2. The van der Waals surface area contributed by atoms with Crippen molar-refractivity contribution >= 4 is 10.9 Å². The smallest absolute Gasteiger partial charge is 0.129 e. The third kappa shape index (κ3) is 4.17. The van der Waals surface area contributed by atoms with E-state index < -0.39 is 5.60 Å². The van der Waals surface area contributed by atoms with Crippen molar-refractivity contribution in [2.24, 2.45) is 0 Å². The Morgan fingerprint density at radius 3 is 2.62 bits per heavy atom. The summed E-state index contributed by atoms with van der Waals surface area (Å²) in [6, 6.07) is 8.98. The summed E-state index contributed by atoms with van der Waals surface area (Å²) in [4.78, 5) is 2.39. The monoisotopic (exact) mass is 400 g/mol. The minimum Gasteiger partial charge on any atom is -0.490 e. The Labute approximate surface area is 172 Å². The number of likely N-dealkylation sites (tertiary alicyclic amines) is 1. The van der Waals surface area contributed by atoms with Gasteiger partial charge in [0.05, 0.1) is 23.8 Å². The minimum absolute atomic E-state index is 0.236. The Bertz CT molecular complexity index is 815. The molecule has 0 radical (unpaired) electrons. The SMILES string of the molecule is OC1(CN2CCC(Oc3cccc4c3ccn4C3CCOC3)CC2)CCOCC1. The zero-order chi connectivity index (χ0) is 19.7. The van der Waals surface area contributed by atoms with Crippen LogP contribution in [0.15, 0.2) is 30.5 Å². The van der Waals surface area contributed by atoms with Gasteiger partial charge < -0.3 is 28.8 Å². The van der Waals surface area contributed by atoms with Crippen molar-refractivity contribution in [3.63, 3.8) is 0 Å². The number of hydrogen-bond donors (Lipinski definition) is 1. The Hall–Kier alpha value is -1.60. The molecule has 158 valence electrons. The maximum absolute atomic E-state index is 10.8. The summed E-state index contributed by atoms with van der Waals surface area (Å²) in [7, 11) is 0. The molecule has 4 heterocycles. The van der Waals surface area contributed by atoms with Crippen LogP contribution in [0.3, 0.4) is 0 Å². The second-order valence-electron chi connectivity index (χ2n) is 8.86. The lowest BCUT2D eigenvalue weighted by atomic mass is 9.92. The average molecular weight is 401 g/mol. The summed E-state index contributed by atoms with van der Waals surface area (Å²) in [5.41, 5.74) is 0.655. The molecular formula is C23H32N2O4. The lowest BCUT2D eigenvalue weighted by Crippen LogP contribution is -2.50. The van der Waals surface area contributed by atoms with E-state index in [0.717, 1.165) is 70.7 Å². The summed E-state index contributed by atoms with van der Waals surface area (Å²) in [5, 5.41) is 12.0. The van der Waals surface area contributed by atoms with Crippen molar-refractivity contribution in [3.8, 4) is 5.75 Å². The predicted molar refractivity (Wildman–Crippen MR) is 112 cm³/mol. The summed E-state index contributed by atoms with van der Waals surface area (Å²) in [6.07, 6.45) is 6.97. The Morgan fingerprint density at radius 1 is 1.03 bits per heavy atom. The molecule has 29 heavy (non-hydrogen) atoms. The largest absolute Gasteiger partial charge is 0.490 e. The third-order valence-corrected chi connectivity index (χ3v) is 6.79. The first-order valence-electron chi connectivity index (χ1n) is 11.1. The zero-order valence-corrected chi connectivity index (χ0v) is 17.1. The molecule has 1 N–H and O–H groups in total. The highest BCUT2D eigenvalue weighted by molar-refractivity contribution is 5.86. The number of nitrogens with zero attached hydrogens (tertiary/aromatic N) is 2.